The molecule has 2 atom stereocenters. The summed E-state index contributed by atoms with van der Waals surface area (Å²) in [6, 6.07) is 18.6. The van der Waals surface area contributed by atoms with Crippen LogP contribution in [0.3, 0.4) is 0 Å². The highest BCUT2D eigenvalue weighted by atomic mass is 32.2. The Labute approximate surface area is 155 Å². The summed E-state index contributed by atoms with van der Waals surface area (Å²) in [6.45, 7) is 6.49. The molecule has 0 aliphatic rings. The van der Waals surface area contributed by atoms with Gasteiger partial charge in [0, 0.05) is 9.80 Å². The van der Waals surface area contributed by atoms with E-state index in [0.29, 0.717) is 5.92 Å². The van der Waals surface area contributed by atoms with Crippen molar-refractivity contribution < 1.29 is 4.21 Å². The number of hydrogen-bond donors (Lipinski definition) is 0. The van der Waals surface area contributed by atoms with Crippen molar-refractivity contribution in [1.29, 1.82) is 0 Å². The lowest BCUT2D eigenvalue weighted by Gasteiger charge is -2.16. The Kier molecular flexibility index (Phi) is 8.14. The van der Waals surface area contributed by atoms with Gasteiger partial charge in [0.05, 0.1) is 10.8 Å². The molecule has 0 aliphatic carbocycles. The first kappa shape index (κ1) is 19.7. The fraction of sp³-hybridized carbons (Fsp3) is 0.391. The van der Waals surface area contributed by atoms with Crippen molar-refractivity contribution in [1.82, 2.24) is 0 Å². The molecule has 0 N–H and O–H groups in total. The van der Waals surface area contributed by atoms with E-state index < -0.39 is 10.8 Å². The lowest BCUT2D eigenvalue weighted by atomic mass is 10.0. The molecule has 2 rings (SSSR count). The minimum atomic E-state index is -1.06. The molecule has 0 saturated carbocycles. The molecule has 2 aromatic carbocycles. The van der Waals surface area contributed by atoms with Gasteiger partial charge in [-0.1, -0.05) is 80.8 Å². The zero-order valence-electron chi connectivity index (χ0n) is 15.7. The van der Waals surface area contributed by atoms with Crippen molar-refractivity contribution in [3.63, 3.8) is 0 Å². The van der Waals surface area contributed by atoms with Crippen molar-refractivity contribution in [3.8, 4) is 0 Å². The topological polar surface area (TPSA) is 17.1 Å². The van der Waals surface area contributed by atoms with Crippen LogP contribution in [0.25, 0.3) is 0 Å². The van der Waals surface area contributed by atoms with Crippen molar-refractivity contribution in [3.05, 3.63) is 76.7 Å². The number of hydrogen-bond acceptors (Lipinski definition) is 1. The minimum Gasteiger partial charge on any atom is -0.249 e. The van der Waals surface area contributed by atoms with Gasteiger partial charge >= 0.3 is 0 Å². The lowest BCUT2D eigenvalue weighted by Crippen LogP contribution is -2.07. The predicted molar refractivity (Wildman–Crippen MR) is 109 cm³/mol. The summed E-state index contributed by atoms with van der Waals surface area (Å²) < 4.78 is 13.1. The third-order valence-corrected chi connectivity index (χ3v) is 6.24. The Hall–Kier alpha value is -1.67. The maximum absolute atomic E-state index is 13.1. The SMILES string of the molecule is CCCC[C@@H](C)/C(=C\CCc1ccccc1)[S@@](=O)c1ccc(C)cc1. The fourth-order valence-corrected chi connectivity index (χ4v) is 4.34. The molecule has 25 heavy (non-hydrogen) atoms. The smallest absolute Gasteiger partial charge is 0.0807 e. The van der Waals surface area contributed by atoms with E-state index in [9.17, 15) is 4.21 Å². The van der Waals surface area contributed by atoms with Crippen LogP contribution in [0.2, 0.25) is 0 Å². The van der Waals surface area contributed by atoms with Gasteiger partial charge in [0.2, 0.25) is 0 Å². The quantitative estimate of drug-likeness (QED) is 0.506. The molecule has 0 spiro atoms. The third kappa shape index (κ3) is 6.28. The molecule has 0 bridgehead atoms. The zero-order chi connectivity index (χ0) is 18.1. The summed E-state index contributed by atoms with van der Waals surface area (Å²) in [5, 5.41) is 0. The summed E-state index contributed by atoms with van der Waals surface area (Å²) in [7, 11) is -1.06. The van der Waals surface area contributed by atoms with E-state index in [1.807, 2.05) is 30.3 Å². The van der Waals surface area contributed by atoms with Crippen LogP contribution in [-0.4, -0.2) is 4.21 Å². The maximum atomic E-state index is 13.1. The lowest BCUT2D eigenvalue weighted by molar-refractivity contribution is 0.583. The van der Waals surface area contributed by atoms with E-state index in [1.54, 1.807) is 0 Å². The van der Waals surface area contributed by atoms with Crippen LogP contribution in [0, 0.1) is 12.8 Å². The van der Waals surface area contributed by atoms with Crippen LogP contribution in [0.5, 0.6) is 0 Å². The Morgan fingerprint density at radius 1 is 1.08 bits per heavy atom. The minimum absolute atomic E-state index is 0.359. The molecule has 134 valence electrons. The first-order valence-corrected chi connectivity index (χ1v) is 10.5. The zero-order valence-corrected chi connectivity index (χ0v) is 16.5. The average Bonchev–Trinajstić information content (AvgIpc) is 2.64. The van der Waals surface area contributed by atoms with Crippen LogP contribution >= 0.6 is 0 Å². The summed E-state index contributed by atoms with van der Waals surface area (Å²) in [5.74, 6) is 0.359. The van der Waals surface area contributed by atoms with E-state index in [0.717, 1.165) is 29.1 Å². The highest BCUT2D eigenvalue weighted by molar-refractivity contribution is 7.89. The number of rotatable bonds is 9. The molecule has 0 saturated heterocycles. The van der Waals surface area contributed by atoms with E-state index >= 15 is 0 Å². The molecule has 0 radical (unpaired) electrons. The van der Waals surface area contributed by atoms with Gasteiger partial charge in [-0.3, -0.25) is 0 Å². The van der Waals surface area contributed by atoms with E-state index in [4.69, 9.17) is 0 Å². The van der Waals surface area contributed by atoms with E-state index in [2.05, 4.69) is 51.1 Å². The molecule has 1 nitrogen and oxygen atoms in total. The van der Waals surface area contributed by atoms with Crippen LogP contribution in [0.1, 0.15) is 50.7 Å². The second kappa shape index (κ2) is 10.4. The van der Waals surface area contributed by atoms with Gasteiger partial charge in [-0.25, -0.2) is 4.21 Å². The van der Waals surface area contributed by atoms with Crippen molar-refractivity contribution in [2.45, 2.75) is 57.8 Å². The van der Waals surface area contributed by atoms with Crippen LogP contribution < -0.4 is 0 Å². The fourth-order valence-electron chi connectivity index (χ4n) is 2.94. The first-order chi connectivity index (χ1) is 12.1. The van der Waals surface area contributed by atoms with Crippen molar-refractivity contribution in [2.75, 3.05) is 0 Å². The first-order valence-electron chi connectivity index (χ1n) is 9.34. The molecule has 0 amide bonds. The van der Waals surface area contributed by atoms with Crippen LogP contribution in [-0.2, 0) is 17.2 Å². The van der Waals surface area contributed by atoms with Gasteiger partial charge < -0.3 is 0 Å². The molecule has 0 aromatic heterocycles. The molecular formula is C23H30OS. The second-order valence-corrected chi connectivity index (χ2v) is 8.24. The predicted octanol–water partition coefficient (Wildman–Crippen LogP) is 6.45. The summed E-state index contributed by atoms with van der Waals surface area (Å²) >= 11 is 0. The second-order valence-electron chi connectivity index (χ2n) is 6.76. The highest BCUT2D eigenvalue weighted by Crippen LogP contribution is 2.26. The van der Waals surface area contributed by atoms with Gasteiger partial charge in [-0.05, 0) is 49.8 Å². The van der Waals surface area contributed by atoms with Crippen molar-refractivity contribution in [2.24, 2.45) is 5.92 Å². The van der Waals surface area contributed by atoms with Crippen LogP contribution in [0.15, 0.2) is 70.5 Å². The molecule has 0 unspecified atom stereocenters. The molecule has 0 heterocycles. The maximum Gasteiger partial charge on any atom is 0.0807 e. The highest BCUT2D eigenvalue weighted by Gasteiger charge is 2.16. The molecule has 0 aliphatic heterocycles. The normalized spacial score (nSPS) is 14.3. The Bertz CT molecular complexity index is 686. The molecule has 2 aromatic rings. The number of unbranched alkanes of at least 4 members (excludes halogenated alkanes) is 1. The standard InChI is InChI=1S/C23H30OS/c1-4-5-10-20(3)23(14-9-13-21-11-7-6-8-12-21)25(24)22-17-15-19(2)16-18-22/h6-8,11-12,14-18,20H,4-5,9-10,13H2,1-3H3/b23-14+/t20-,25+/m1/s1. The average molecular weight is 355 g/mol. The third-order valence-electron chi connectivity index (χ3n) is 4.55. The summed E-state index contributed by atoms with van der Waals surface area (Å²) in [6.07, 6.45) is 7.62. The molecule has 2 heteroatoms. The monoisotopic (exact) mass is 354 g/mol. The van der Waals surface area contributed by atoms with Gasteiger partial charge in [0.25, 0.3) is 0 Å². The molecule has 0 fully saturated rings. The van der Waals surface area contributed by atoms with Gasteiger partial charge in [-0.2, -0.15) is 0 Å². The number of aryl methyl sites for hydroxylation is 2. The van der Waals surface area contributed by atoms with Gasteiger partial charge in [-0.15, -0.1) is 0 Å². The van der Waals surface area contributed by atoms with E-state index in [-0.39, 0.29) is 0 Å². The van der Waals surface area contributed by atoms with Crippen LogP contribution in [0.4, 0.5) is 0 Å². The number of allylic oxidation sites excluding steroid dienone is 2. The largest absolute Gasteiger partial charge is 0.249 e. The van der Waals surface area contributed by atoms with Crippen molar-refractivity contribution >= 4 is 10.8 Å². The summed E-state index contributed by atoms with van der Waals surface area (Å²) in [5.41, 5.74) is 2.54. The summed E-state index contributed by atoms with van der Waals surface area (Å²) in [4.78, 5) is 2.01. The van der Waals surface area contributed by atoms with Gasteiger partial charge in [0.15, 0.2) is 0 Å². The Morgan fingerprint density at radius 2 is 1.76 bits per heavy atom. The Balaban J connectivity index is 2.15. The number of benzene rings is 2. The van der Waals surface area contributed by atoms with E-state index in [1.165, 1.54) is 24.0 Å². The Morgan fingerprint density at radius 3 is 2.40 bits per heavy atom. The van der Waals surface area contributed by atoms with Gasteiger partial charge in [0.1, 0.15) is 0 Å². The molecular weight excluding hydrogens is 324 g/mol.